The van der Waals surface area contributed by atoms with E-state index in [-0.39, 0.29) is 23.2 Å². The number of aromatic hydroxyl groups is 2. The van der Waals surface area contributed by atoms with Crippen molar-refractivity contribution in [2.24, 2.45) is 11.8 Å². The van der Waals surface area contributed by atoms with Gasteiger partial charge < -0.3 is 10.2 Å². The Morgan fingerprint density at radius 1 is 0.778 bits per heavy atom. The molecule has 0 saturated heterocycles. The monoisotopic (exact) mass is 258 g/mol. The Morgan fingerprint density at radius 3 is 1.28 bits per heavy atom. The van der Waals surface area contributed by atoms with Gasteiger partial charge >= 0.3 is 23.1 Å². The maximum Gasteiger partial charge on any atom is 0.488 e. The Labute approximate surface area is 106 Å². The molecule has 1 aromatic heterocycles. The van der Waals surface area contributed by atoms with E-state index in [1.165, 1.54) is 0 Å². The van der Waals surface area contributed by atoms with E-state index < -0.39 is 11.8 Å². The Kier molecular flexibility index (Phi) is 4.21. The van der Waals surface area contributed by atoms with Gasteiger partial charge in [0.2, 0.25) is 0 Å². The van der Waals surface area contributed by atoms with Gasteiger partial charge in [-0.05, 0) is 11.8 Å². The molecule has 0 amide bonds. The lowest BCUT2D eigenvalue weighted by Gasteiger charge is -2.04. The summed E-state index contributed by atoms with van der Waals surface area (Å²) in [4.78, 5) is 0. The van der Waals surface area contributed by atoms with E-state index in [2.05, 4.69) is 0 Å². The van der Waals surface area contributed by atoms with Crippen LogP contribution in [0.3, 0.4) is 0 Å². The summed E-state index contributed by atoms with van der Waals surface area (Å²) in [7, 11) is 0. The molecule has 18 heavy (non-hydrogen) atoms. The van der Waals surface area contributed by atoms with Gasteiger partial charge in [0.1, 0.15) is 0 Å². The maximum absolute atomic E-state index is 9.87. The third-order valence-corrected chi connectivity index (χ3v) is 2.63. The molecule has 1 rings (SSSR count). The fourth-order valence-electron chi connectivity index (χ4n) is 1.82. The molecule has 0 bridgehead atoms. The molecule has 1 aromatic rings. The smallest absolute Gasteiger partial charge is 0.452 e. The zero-order valence-electron chi connectivity index (χ0n) is 11.3. The molecule has 0 spiro atoms. The minimum absolute atomic E-state index is 0.0810. The van der Waals surface area contributed by atoms with Gasteiger partial charge in [-0.2, -0.15) is 0 Å². The third-order valence-electron chi connectivity index (χ3n) is 2.63. The first-order valence-corrected chi connectivity index (χ1v) is 6.07. The summed E-state index contributed by atoms with van der Waals surface area (Å²) in [6.07, 6.45) is 0.664. The number of rotatable bonds is 4. The van der Waals surface area contributed by atoms with E-state index in [1.807, 2.05) is 27.7 Å². The summed E-state index contributed by atoms with van der Waals surface area (Å²) in [5.74, 6) is -0.575. The van der Waals surface area contributed by atoms with Crippen molar-refractivity contribution in [2.45, 2.75) is 40.5 Å². The van der Waals surface area contributed by atoms with Crippen LogP contribution in [0.1, 0.15) is 39.1 Å². The number of aromatic nitrogens is 2. The lowest BCUT2D eigenvalue weighted by Crippen LogP contribution is -2.48. The fraction of sp³-hybridized carbons (Fsp3) is 0.667. The van der Waals surface area contributed by atoms with E-state index in [0.717, 1.165) is 0 Å². The maximum atomic E-state index is 9.87. The molecule has 0 fully saturated rings. The third kappa shape index (κ3) is 2.75. The minimum atomic E-state index is -0.445. The molecular formula is C12H22N2O4+2. The molecule has 102 valence electrons. The molecule has 0 radical (unpaired) electrons. The van der Waals surface area contributed by atoms with Gasteiger partial charge in [-0.3, -0.25) is 10.4 Å². The van der Waals surface area contributed by atoms with E-state index >= 15 is 0 Å². The standard InChI is InChI=1S/C12H20N2O4/c1-7(2)5-9-11(15)14(18)10(6-8(3)4)12(16)13(9)17/h7-8,17H,5-6H2,1-4H3,(H-,15,16,18)/p+2. The van der Waals surface area contributed by atoms with Gasteiger partial charge in [0.25, 0.3) is 0 Å². The van der Waals surface area contributed by atoms with E-state index in [0.29, 0.717) is 22.3 Å². The zero-order valence-corrected chi connectivity index (χ0v) is 11.3. The van der Waals surface area contributed by atoms with Crippen LogP contribution in [0.4, 0.5) is 0 Å². The predicted molar refractivity (Wildman–Crippen MR) is 61.6 cm³/mol. The molecule has 0 aliphatic carbocycles. The van der Waals surface area contributed by atoms with Crippen molar-refractivity contribution >= 4 is 0 Å². The Hall–Kier alpha value is -1.72. The summed E-state index contributed by atoms with van der Waals surface area (Å²) in [5, 5.41) is 39.4. The Balaban J connectivity index is 3.35. The first-order chi connectivity index (χ1) is 8.25. The molecule has 0 unspecified atom stereocenters. The topological polar surface area (TPSA) is 88.7 Å². The van der Waals surface area contributed by atoms with Crippen LogP contribution < -0.4 is 9.46 Å². The molecule has 1 heterocycles. The Morgan fingerprint density at radius 2 is 1.06 bits per heavy atom. The molecular weight excluding hydrogens is 236 g/mol. The highest BCUT2D eigenvalue weighted by Gasteiger charge is 2.40. The second-order valence-electron chi connectivity index (χ2n) is 5.36. The lowest BCUT2D eigenvalue weighted by molar-refractivity contribution is -0.956. The molecule has 6 nitrogen and oxygen atoms in total. The van der Waals surface area contributed by atoms with E-state index in [9.17, 15) is 20.6 Å². The first-order valence-electron chi connectivity index (χ1n) is 6.07. The van der Waals surface area contributed by atoms with Gasteiger partial charge in [-0.1, -0.05) is 27.7 Å². The summed E-state index contributed by atoms with van der Waals surface area (Å²) in [6.45, 7) is 7.61. The number of hydrogen-bond donors (Lipinski definition) is 4. The molecule has 6 heteroatoms. The fourth-order valence-corrected chi connectivity index (χ4v) is 1.82. The van der Waals surface area contributed by atoms with E-state index in [4.69, 9.17) is 0 Å². The molecule has 0 atom stereocenters. The van der Waals surface area contributed by atoms with Crippen LogP contribution in [0, 0.1) is 11.8 Å². The second-order valence-corrected chi connectivity index (χ2v) is 5.36. The van der Waals surface area contributed by atoms with Crippen LogP contribution in [0.2, 0.25) is 0 Å². The van der Waals surface area contributed by atoms with E-state index in [1.54, 1.807) is 0 Å². The molecule has 0 aliphatic rings. The molecule has 0 aliphatic heterocycles. The lowest BCUT2D eigenvalue weighted by atomic mass is 10.1. The van der Waals surface area contributed by atoms with Crippen molar-refractivity contribution in [3.63, 3.8) is 0 Å². The van der Waals surface area contributed by atoms with Crippen molar-refractivity contribution < 1.29 is 30.1 Å². The van der Waals surface area contributed by atoms with Crippen LogP contribution in [0.25, 0.3) is 0 Å². The number of nitrogens with zero attached hydrogens (tertiary/aromatic N) is 2. The first kappa shape index (κ1) is 14.3. The van der Waals surface area contributed by atoms with Crippen LogP contribution >= 0.6 is 0 Å². The van der Waals surface area contributed by atoms with Crippen LogP contribution in [0.5, 0.6) is 11.8 Å². The molecule has 0 saturated carbocycles. The normalized spacial score (nSPS) is 11.4. The zero-order chi connectivity index (χ0) is 14.0. The number of hydrogen-bond acceptors (Lipinski definition) is 4. The van der Waals surface area contributed by atoms with Crippen molar-refractivity contribution in [1.82, 2.24) is 0 Å². The van der Waals surface area contributed by atoms with Gasteiger partial charge in [-0.15, -0.1) is 0 Å². The van der Waals surface area contributed by atoms with Crippen molar-refractivity contribution in [3.8, 4) is 11.8 Å². The highest BCUT2D eigenvalue weighted by Crippen LogP contribution is 2.19. The van der Waals surface area contributed by atoms with Crippen LogP contribution in [0.15, 0.2) is 0 Å². The highest BCUT2D eigenvalue weighted by atomic mass is 16.5. The average molecular weight is 258 g/mol. The SMILES string of the molecule is CC(C)Cc1c(O)[n+](O)c(CC(C)C)c(O)[n+]1O. The van der Waals surface area contributed by atoms with Gasteiger partial charge in [0, 0.05) is 0 Å². The Bertz CT molecular complexity index is 374. The quantitative estimate of drug-likeness (QED) is 0.469. The van der Waals surface area contributed by atoms with Crippen molar-refractivity contribution in [2.75, 3.05) is 0 Å². The van der Waals surface area contributed by atoms with Gasteiger partial charge in [-0.25, -0.2) is 0 Å². The second kappa shape index (κ2) is 5.29. The molecule has 4 N–H and O–H groups in total. The van der Waals surface area contributed by atoms with Gasteiger partial charge in [0.15, 0.2) is 0 Å². The van der Waals surface area contributed by atoms with Crippen LogP contribution in [-0.4, -0.2) is 20.6 Å². The summed E-state index contributed by atoms with van der Waals surface area (Å²) >= 11 is 0. The average Bonchev–Trinajstić information content (AvgIpc) is 2.27. The summed E-state index contributed by atoms with van der Waals surface area (Å²) in [5.41, 5.74) is 0.162. The predicted octanol–water partition coefficient (Wildman–Crippen LogP) is 0.544. The van der Waals surface area contributed by atoms with Crippen LogP contribution in [-0.2, 0) is 12.8 Å². The minimum Gasteiger partial charge on any atom is -0.452 e. The summed E-state index contributed by atoms with van der Waals surface area (Å²) < 4.78 is 1.08. The van der Waals surface area contributed by atoms with Crippen molar-refractivity contribution in [3.05, 3.63) is 11.4 Å². The van der Waals surface area contributed by atoms with Gasteiger partial charge in [0.05, 0.1) is 22.3 Å². The summed E-state index contributed by atoms with van der Waals surface area (Å²) in [6, 6.07) is 0. The van der Waals surface area contributed by atoms with Crippen molar-refractivity contribution in [1.29, 1.82) is 0 Å². The largest absolute Gasteiger partial charge is 0.488 e. The molecule has 0 aromatic carbocycles. The highest BCUT2D eigenvalue weighted by molar-refractivity contribution is 5.13.